The predicted octanol–water partition coefficient (Wildman–Crippen LogP) is 2.44. The number of rotatable bonds is 5. The van der Waals surface area contributed by atoms with E-state index in [9.17, 15) is 9.59 Å². The second-order valence-electron chi connectivity index (χ2n) is 6.47. The number of hydrogen-bond donors (Lipinski definition) is 1. The number of fused-ring (bicyclic) bond motifs is 1. The lowest BCUT2D eigenvalue weighted by Crippen LogP contribution is -2.28. The molecule has 0 spiro atoms. The average molecular weight is 386 g/mol. The summed E-state index contributed by atoms with van der Waals surface area (Å²) in [5.41, 5.74) is 9.30. The van der Waals surface area contributed by atoms with E-state index < -0.39 is 5.91 Å². The number of anilines is 1. The summed E-state index contributed by atoms with van der Waals surface area (Å²) in [5, 5.41) is 4.20. The minimum atomic E-state index is -0.559. The fourth-order valence-electron chi connectivity index (χ4n) is 3.17. The highest BCUT2D eigenvalue weighted by Gasteiger charge is 2.15. The largest absolute Gasteiger partial charge is 0.365 e. The normalized spacial score (nSPS) is 10.8. The Labute approximate surface area is 166 Å². The molecule has 2 N–H and O–H groups in total. The van der Waals surface area contributed by atoms with Crippen molar-refractivity contribution in [3.8, 4) is 11.3 Å². The molecule has 8 heteroatoms. The molecule has 3 aromatic heterocycles. The number of primary amides is 1. The van der Waals surface area contributed by atoms with Crippen LogP contribution in [0, 0.1) is 0 Å². The molecule has 0 aliphatic rings. The first-order valence-corrected chi connectivity index (χ1v) is 8.95. The number of carbonyl (C=O) groups excluding carboxylic acids is 2. The Morgan fingerprint density at radius 2 is 1.83 bits per heavy atom. The number of nitrogens with zero attached hydrogens (tertiary/aromatic N) is 5. The molecule has 3 heterocycles. The lowest BCUT2D eigenvalue weighted by Gasteiger charge is -2.21. The van der Waals surface area contributed by atoms with Crippen molar-refractivity contribution >= 4 is 23.1 Å². The molecular formula is C21H18N6O2. The van der Waals surface area contributed by atoms with Crippen LogP contribution in [-0.4, -0.2) is 31.4 Å². The Hall–Kier alpha value is -4.07. The van der Waals surface area contributed by atoms with Gasteiger partial charge in [-0.25, -0.2) is 9.50 Å². The summed E-state index contributed by atoms with van der Waals surface area (Å²) in [6.45, 7) is 1.91. The first-order valence-electron chi connectivity index (χ1n) is 8.95. The van der Waals surface area contributed by atoms with Crippen LogP contribution in [0.15, 0.2) is 67.1 Å². The quantitative estimate of drug-likeness (QED) is 0.567. The van der Waals surface area contributed by atoms with Gasteiger partial charge in [0.25, 0.3) is 5.91 Å². The Kier molecular flexibility index (Phi) is 4.74. The molecule has 2 amide bonds. The van der Waals surface area contributed by atoms with Crippen LogP contribution in [0.25, 0.3) is 16.9 Å². The molecule has 0 fully saturated rings. The Morgan fingerprint density at radius 1 is 1.03 bits per heavy atom. The molecule has 8 nitrogen and oxygen atoms in total. The zero-order valence-corrected chi connectivity index (χ0v) is 15.7. The summed E-state index contributed by atoms with van der Waals surface area (Å²) in [6, 6.07) is 16.5. The van der Waals surface area contributed by atoms with Gasteiger partial charge in [0, 0.05) is 24.4 Å². The number of pyridine rings is 2. The predicted molar refractivity (Wildman–Crippen MR) is 108 cm³/mol. The SMILES string of the molecule is CC(=O)N(Cc1ccccn1)c1ccc(-c2ccc(C(N)=O)c3ncnn23)cc1. The van der Waals surface area contributed by atoms with Crippen molar-refractivity contribution in [2.45, 2.75) is 13.5 Å². The molecule has 0 aliphatic carbocycles. The molecule has 0 unspecified atom stereocenters. The third kappa shape index (κ3) is 3.55. The minimum absolute atomic E-state index is 0.0760. The van der Waals surface area contributed by atoms with Crippen molar-refractivity contribution in [2.75, 3.05) is 4.90 Å². The van der Waals surface area contributed by atoms with Crippen LogP contribution < -0.4 is 10.6 Å². The Morgan fingerprint density at radius 3 is 2.48 bits per heavy atom. The zero-order chi connectivity index (χ0) is 20.4. The van der Waals surface area contributed by atoms with Crippen LogP contribution in [0.3, 0.4) is 0 Å². The summed E-state index contributed by atoms with van der Waals surface area (Å²) >= 11 is 0. The lowest BCUT2D eigenvalue weighted by atomic mass is 10.1. The van der Waals surface area contributed by atoms with Gasteiger partial charge < -0.3 is 10.6 Å². The maximum absolute atomic E-state index is 12.2. The van der Waals surface area contributed by atoms with Gasteiger partial charge in [0.1, 0.15) is 6.33 Å². The van der Waals surface area contributed by atoms with Gasteiger partial charge in [-0.15, -0.1) is 0 Å². The van der Waals surface area contributed by atoms with E-state index in [1.165, 1.54) is 13.3 Å². The molecule has 29 heavy (non-hydrogen) atoms. The van der Waals surface area contributed by atoms with Gasteiger partial charge in [-0.3, -0.25) is 14.6 Å². The van der Waals surface area contributed by atoms with E-state index >= 15 is 0 Å². The summed E-state index contributed by atoms with van der Waals surface area (Å²) in [5.74, 6) is -0.635. The summed E-state index contributed by atoms with van der Waals surface area (Å²) < 4.78 is 1.58. The van der Waals surface area contributed by atoms with Crippen molar-refractivity contribution in [2.24, 2.45) is 5.73 Å². The van der Waals surface area contributed by atoms with Crippen LogP contribution in [0.4, 0.5) is 5.69 Å². The topological polar surface area (TPSA) is 106 Å². The van der Waals surface area contributed by atoms with E-state index in [1.54, 1.807) is 27.7 Å². The number of nitrogens with two attached hydrogens (primary N) is 1. The fraction of sp³-hybridized carbons (Fsp3) is 0.0952. The fourth-order valence-corrected chi connectivity index (χ4v) is 3.17. The number of aromatic nitrogens is 4. The molecule has 4 rings (SSSR count). The number of benzene rings is 1. The van der Waals surface area contributed by atoms with Gasteiger partial charge in [0.15, 0.2) is 5.65 Å². The van der Waals surface area contributed by atoms with E-state index in [4.69, 9.17) is 5.73 Å². The van der Waals surface area contributed by atoms with Gasteiger partial charge >= 0.3 is 0 Å². The first-order chi connectivity index (χ1) is 14.0. The van der Waals surface area contributed by atoms with Gasteiger partial charge in [-0.05, 0) is 36.4 Å². The van der Waals surface area contributed by atoms with Gasteiger partial charge in [-0.1, -0.05) is 18.2 Å². The number of amides is 2. The van der Waals surface area contributed by atoms with E-state index in [-0.39, 0.29) is 5.91 Å². The van der Waals surface area contributed by atoms with Crippen molar-refractivity contribution < 1.29 is 9.59 Å². The summed E-state index contributed by atoms with van der Waals surface area (Å²) in [6.07, 6.45) is 3.08. The molecule has 0 radical (unpaired) electrons. The smallest absolute Gasteiger partial charge is 0.252 e. The third-order valence-corrected chi connectivity index (χ3v) is 4.59. The van der Waals surface area contributed by atoms with Crippen molar-refractivity contribution in [1.82, 2.24) is 19.6 Å². The number of carbonyl (C=O) groups is 2. The standard InChI is InChI=1S/C21H18N6O2/c1-14(28)26(12-16-4-2-3-11-23-16)17-7-5-15(6-8-17)19-10-9-18(20(22)29)21-24-13-25-27(19)21/h2-11,13H,12H2,1H3,(H2,22,29). The van der Waals surface area contributed by atoms with Gasteiger partial charge in [0.05, 0.1) is 23.5 Å². The Balaban J connectivity index is 1.68. The second kappa shape index (κ2) is 7.51. The van der Waals surface area contributed by atoms with Crippen LogP contribution >= 0.6 is 0 Å². The maximum atomic E-state index is 12.2. The summed E-state index contributed by atoms with van der Waals surface area (Å²) in [7, 11) is 0. The molecule has 4 aromatic rings. The van der Waals surface area contributed by atoms with E-state index in [1.807, 2.05) is 42.5 Å². The van der Waals surface area contributed by atoms with Gasteiger partial charge in [-0.2, -0.15) is 5.10 Å². The van der Waals surface area contributed by atoms with Gasteiger partial charge in [0.2, 0.25) is 5.91 Å². The average Bonchev–Trinajstić information content (AvgIpc) is 3.22. The summed E-state index contributed by atoms with van der Waals surface area (Å²) in [4.78, 5) is 33.9. The van der Waals surface area contributed by atoms with Crippen LogP contribution in [-0.2, 0) is 11.3 Å². The zero-order valence-electron chi connectivity index (χ0n) is 15.7. The van der Waals surface area contributed by atoms with Crippen molar-refractivity contribution in [1.29, 1.82) is 0 Å². The van der Waals surface area contributed by atoms with E-state index in [0.29, 0.717) is 17.8 Å². The van der Waals surface area contributed by atoms with Crippen molar-refractivity contribution in [3.63, 3.8) is 0 Å². The molecule has 144 valence electrons. The molecule has 0 aliphatic heterocycles. The first kappa shape index (κ1) is 18.3. The minimum Gasteiger partial charge on any atom is -0.365 e. The molecule has 0 bridgehead atoms. The third-order valence-electron chi connectivity index (χ3n) is 4.59. The van der Waals surface area contributed by atoms with Crippen molar-refractivity contribution in [3.05, 3.63) is 78.4 Å². The molecule has 0 saturated carbocycles. The van der Waals surface area contributed by atoms with Crippen LogP contribution in [0.5, 0.6) is 0 Å². The van der Waals surface area contributed by atoms with Crippen LogP contribution in [0.2, 0.25) is 0 Å². The molecular weight excluding hydrogens is 368 g/mol. The molecule has 1 aromatic carbocycles. The lowest BCUT2D eigenvalue weighted by molar-refractivity contribution is -0.116. The molecule has 0 saturated heterocycles. The molecule has 0 atom stereocenters. The number of hydrogen-bond acceptors (Lipinski definition) is 5. The second-order valence-corrected chi connectivity index (χ2v) is 6.47. The van der Waals surface area contributed by atoms with Crippen LogP contribution in [0.1, 0.15) is 23.0 Å². The monoisotopic (exact) mass is 386 g/mol. The Bertz CT molecular complexity index is 1190. The highest BCUT2D eigenvalue weighted by molar-refractivity contribution is 5.99. The van der Waals surface area contributed by atoms with E-state index in [2.05, 4.69) is 15.1 Å². The highest BCUT2D eigenvalue weighted by Crippen LogP contribution is 2.25. The van der Waals surface area contributed by atoms with E-state index in [0.717, 1.165) is 22.6 Å². The highest BCUT2D eigenvalue weighted by atomic mass is 16.2. The maximum Gasteiger partial charge on any atom is 0.252 e.